The highest BCUT2D eigenvalue weighted by atomic mass is 16.5. The van der Waals surface area contributed by atoms with Gasteiger partial charge < -0.3 is 20.5 Å². The molecule has 2 rings (SSSR count). The molecule has 0 unspecified atom stereocenters. The molecule has 0 bridgehead atoms. The second-order valence-electron chi connectivity index (χ2n) is 4.60. The average Bonchev–Trinajstić information content (AvgIpc) is 3.00. The number of aromatic nitrogens is 3. The van der Waals surface area contributed by atoms with Gasteiger partial charge in [0.1, 0.15) is 6.33 Å². The van der Waals surface area contributed by atoms with Crippen molar-refractivity contribution in [1.29, 1.82) is 0 Å². The minimum atomic E-state index is -0.733. The summed E-state index contributed by atoms with van der Waals surface area (Å²) in [7, 11) is 1.49. The molecule has 2 aromatic rings. The highest BCUT2D eigenvalue weighted by Crippen LogP contribution is 2.07. The van der Waals surface area contributed by atoms with E-state index in [0.29, 0.717) is 5.82 Å². The number of hydrogen-bond donors (Lipinski definition) is 3. The summed E-state index contributed by atoms with van der Waals surface area (Å²) < 4.78 is 6.43. The fourth-order valence-electron chi connectivity index (χ4n) is 1.85. The molecule has 8 nitrogen and oxygen atoms in total. The Bertz CT molecular complexity index is 587. The monoisotopic (exact) mass is 305 g/mol. The lowest BCUT2D eigenvalue weighted by atomic mass is 10.3. The number of amides is 2. The number of urea groups is 1. The lowest BCUT2D eigenvalue weighted by Crippen LogP contribution is -2.40. The second kappa shape index (κ2) is 8.11. The zero-order chi connectivity index (χ0) is 15.8. The molecule has 1 atom stereocenters. The van der Waals surface area contributed by atoms with Crippen molar-refractivity contribution in [3.05, 3.63) is 42.5 Å². The first-order chi connectivity index (χ1) is 10.7. The van der Waals surface area contributed by atoms with Crippen LogP contribution >= 0.6 is 0 Å². The lowest BCUT2D eigenvalue weighted by Gasteiger charge is -2.12. The molecule has 0 aliphatic heterocycles. The fraction of sp³-hybridized carbons (Fsp3) is 0.357. The molecule has 1 heterocycles. The van der Waals surface area contributed by atoms with Crippen LogP contribution in [0.5, 0.6) is 0 Å². The molecule has 118 valence electrons. The second-order valence-corrected chi connectivity index (χ2v) is 4.60. The van der Waals surface area contributed by atoms with Gasteiger partial charge in [-0.25, -0.2) is 14.5 Å². The van der Waals surface area contributed by atoms with Gasteiger partial charge in [0.25, 0.3) is 0 Å². The van der Waals surface area contributed by atoms with E-state index in [4.69, 9.17) is 4.74 Å². The van der Waals surface area contributed by atoms with E-state index in [-0.39, 0.29) is 19.7 Å². The van der Waals surface area contributed by atoms with Gasteiger partial charge in [0, 0.05) is 13.7 Å². The molecular weight excluding hydrogens is 286 g/mol. The Morgan fingerprint density at radius 2 is 2.14 bits per heavy atom. The smallest absolute Gasteiger partial charge is 0.315 e. The number of nitrogens with one attached hydrogen (secondary N) is 2. The molecule has 2 amide bonds. The highest BCUT2D eigenvalue weighted by Gasteiger charge is 2.09. The quantitative estimate of drug-likeness (QED) is 0.672. The van der Waals surface area contributed by atoms with Crippen LogP contribution in [0.4, 0.5) is 4.79 Å². The Morgan fingerprint density at radius 3 is 2.86 bits per heavy atom. The van der Waals surface area contributed by atoms with Crippen molar-refractivity contribution in [2.75, 3.05) is 20.3 Å². The zero-order valence-electron chi connectivity index (χ0n) is 12.3. The van der Waals surface area contributed by atoms with Crippen molar-refractivity contribution in [3.8, 4) is 5.69 Å². The maximum absolute atomic E-state index is 11.7. The summed E-state index contributed by atoms with van der Waals surface area (Å²) in [5.74, 6) is 0.610. The van der Waals surface area contributed by atoms with Crippen molar-refractivity contribution in [2.24, 2.45) is 0 Å². The van der Waals surface area contributed by atoms with Gasteiger partial charge in [0.05, 0.1) is 24.9 Å². The number of nitrogens with zero attached hydrogens (tertiary/aromatic N) is 3. The van der Waals surface area contributed by atoms with Gasteiger partial charge in [-0.15, -0.1) is 0 Å². The minimum Gasteiger partial charge on any atom is -0.389 e. The number of para-hydroxylation sites is 1. The van der Waals surface area contributed by atoms with E-state index in [1.807, 2.05) is 30.3 Å². The van der Waals surface area contributed by atoms with Gasteiger partial charge in [-0.3, -0.25) is 0 Å². The third-order valence-corrected chi connectivity index (χ3v) is 2.88. The number of carbonyl (C=O) groups excluding carboxylic acids is 1. The molecule has 0 aliphatic carbocycles. The molecule has 0 fully saturated rings. The van der Waals surface area contributed by atoms with Crippen LogP contribution < -0.4 is 10.6 Å². The van der Waals surface area contributed by atoms with Gasteiger partial charge >= 0.3 is 6.03 Å². The zero-order valence-corrected chi connectivity index (χ0v) is 12.3. The van der Waals surface area contributed by atoms with Crippen LogP contribution in [-0.2, 0) is 11.3 Å². The molecule has 0 radical (unpaired) electrons. The SMILES string of the molecule is COC[C@@H](O)CNC(=O)NCc1ncnn1-c1ccccc1. The normalized spacial score (nSPS) is 11.9. The standard InChI is InChI=1S/C14H19N5O3/c1-22-9-12(20)7-15-14(21)16-8-13-17-10-18-19(13)11-5-3-2-4-6-11/h2-6,10,12,20H,7-9H2,1H3,(H2,15,16,21)/t12-/m0/s1. The molecular formula is C14H19N5O3. The Labute approximate surface area is 128 Å². The summed E-state index contributed by atoms with van der Waals surface area (Å²) >= 11 is 0. The van der Waals surface area contributed by atoms with Crippen LogP contribution in [0, 0.1) is 0 Å². The molecule has 8 heteroatoms. The lowest BCUT2D eigenvalue weighted by molar-refractivity contribution is 0.0659. The van der Waals surface area contributed by atoms with Gasteiger partial charge in [-0.1, -0.05) is 18.2 Å². The van der Waals surface area contributed by atoms with Gasteiger partial charge in [0.2, 0.25) is 0 Å². The topological polar surface area (TPSA) is 101 Å². The van der Waals surface area contributed by atoms with Crippen LogP contribution in [-0.4, -0.2) is 52.3 Å². The Morgan fingerprint density at radius 1 is 1.36 bits per heavy atom. The van der Waals surface area contributed by atoms with Crippen molar-refractivity contribution in [3.63, 3.8) is 0 Å². The maximum Gasteiger partial charge on any atom is 0.315 e. The summed E-state index contributed by atoms with van der Waals surface area (Å²) in [5, 5.41) is 18.8. The summed E-state index contributed by atoms with van der Waals surface area (Å²) in [6.07, 6.45) is 0.702. The van der Waals surface area contributed by atoms with E-state index >= 15 is 0 Å². The van der Waals surface area contributed by atoms with Crippen molar-refractivity contribution in [2.45, 2.75) is 12.6 Å². The number of methoxy groups -OCH3 is 1. The number of hydrogen-bond acceptors (Lipinski definition) is 5. The molecule has 0 saturated carbocycles. The van der Waals surface area contributed by atoms with E-state index in [9.17, 15) is 9.90 Å². The Kier molecular flexibility index (Phi) is 5.87. The van der Waals surface area contributed by atoms with Crippen LogP contribution in [0.15, 0.2) is 36.7 Å². The summed E-state index contributed by atoms with van der Waals surface area (Å²) in [5.41, 5.74) is 0.868. The summed E-state index contributed by atoms with van der Waals surface area (Å²) in [6.45, 7) is 0.509. The molecule has 0 saturated heterocycles. The first-order valence-electron chi connectivity index (χ1n) is 6.83. The van der Waals surface area contributed by atoms with Crippen molar-refractivity contribution < 1.29 is 14.6 Å². The number of benzene rings is 1. The molecule has 22 heavy (non-hydrogen) atoms. The van der Waals surface area contributed by atoms with E-state index < -0.39 is 12.1 Å². The van der Waals surface area contributed by atoms with Gasteiger partial charge in [-0.2, -0.15) is 5.10 Å². The van der Waals surface area contributed by atoms with E-state index in [1.54, 1.807) is 4.68 Å². The Balaban J connectivity index is 1.85. The maximum atomic E-state index is 11.7. The predicted octanol–water partition coefficient (Wildman–Crippen LogP) is 0.0738. The third kappa shape index (κ3) is 4.54. The van der Waals surface area contributed by atoms with E-state index in [0.717, 1.165) is 5.69 Å². The first kappa shape index (κ1) is 15.9. The number of aliphatic hydroxyl groups is 1. The van der Waals surface area contributed by atoms with Crippen LogP contribution in [0.3, 0.4) is 0 Å². The molecule has 3 N–H and O–H groups in total. The van der Waals surface area contributed by atoms with E-state index in [1.165, 1.54) is 13.4 Å². The van der Waals surface area contributed by atoms with Crippen molar-refractivity contribution in [1.82, 2.24) is 25.4 Å². The molecule has 1 aromatic carbocycles. The first-order valence-corrected chi connectivity index (χ1v) is 6.83. The number of aliphatic hydroxyl groups excluding tert-OH is 1. The largest absolute Gasteiger partial charge is 0.389 e. The predicted molar refractivity (Wildman–Crippen MR) is 79.5 cm³/mol. The number of carbonyl (C=O) groups is 1. The number of rotatable bonds is 7. The molecule has 0 spiro atoms. The van der Waals surface area contributed by atoms with Crippen LogP contribution in [0.25, 0.3) is 5.69 Å². The molecule has 0 aliphatic rings. The summed E-state index contributed by atoms with van der Waals surface area (Å²) in [4.78, 5) is 15.8. The third-order valence-electron chi connectivity index (χ3n) is 2.88. The highest BCUT2D eigenvalue weighted by molar-refractivity contribution is 5.73. The van der Waals surface area contributed by atoms with Crippen molar-refractivity contribution >= 4 is 6.03 Å². The van der Waals surface area contributed by atoms with Crippen LogP contribution in [0.2, 0.25) is 0 Å². The average molecular weight is 305 g/mol. The van der Waals surface area contributed by atoms with Crippen LogP contribution in [0.1, 0.15) is 5.82 Å². The van der Waals surface area contributed by atoms with Gasteiger partial charge in [-0.05, 0) is 12.1 Å². The molecule has 1 aromatic heterocycles. The minimum absolute atomic E-state index is 0.116. The van der Waals surface area contributed by atoms with E-state index in [2.05, 4.69) is 20.7 Å². The fourth-order valence-corrected chi connectivity index (χ4v) is 1.85. The summed E-state index contributed by atoms with van der Waals surface area (Å²) in [6, 6.07) is 9.13. The number of ether oxygens (including phenoxy) is 1. The van der Waals surface area contributed by atoms with Gasteiger partial charge in [0.15, 0.2) is 5.82 Å². The Hall–Kier alpha value is -2.45.